The number of hydrogen-bond donors (Lipinski definition) is 0. The van der Waals surface area contributed by atoms with Crippen LogP contribution in [0.3, 0.4) is 0 Å². The van der Waals surface area contributed by atoms with E-state index in [-0.39, 0.29) is 0 Å². The van der Waals surface area contributed by atoms with Crippen LogP contribution in [0, 0.1) is 0 Å². The summed E-state index contributed by atoms with van der Waals surface area (Å²) in [6, 6.07) is 30.8. The van der Waals surface area contributed by atoms with Crippen LogP contribution < -0.4 is 14.5 Å². The molecule has 4 aromatic rings. The number of hydrogen-bond acceptors (Lipinski definition) is 3. The van der Waals surface area contributed by atoms with Gasteiger partial charge in [-0.15, -0.1) is 0 Å². The van der Waals surface area contributed by atoms with Crippen molar-refractivity contribution in [2.75, 3.05) is 16.5 Å². The molecule has 0 saturated heterocycles. The van der Waals surface area contributed by atoms with E-state index >= 15 is 0 Å². The highest BCUT2D eigenvalue weighted by atomic mass is 35.5. The summed E-state index contributed by atoms with van der Waals surface area (Å²) in [5.74, 6) is 0.862. The number of anilines is 2. The fraction of sp³-hybridized carbons (Fsp3) is 0.0769. The Labute approximate surface area is 181 Å². The number of nitrogens with zero attached hydrogens (tertiary/aromatic N) is 2. The molecule has 0 aliphatic carbocycles. The maximum absolute atomic E-state index is 6.39. The fourth-order valence-electron chi connectivity index (χ4n) is 3.65. The standard InChI is InChI=1S/C26H21ClN2O/c27-26-11-4-8-21-12-13-23(17-25(21)26)29-15-14-28(19-29)22-9-5-10-24(16-22)30-18-20-6-2-1-3-7-20/h1-17H,18-19H2. The first-order valence-electron chi connectivity index (χ1n) is 9.93. The minimum Gasteiger partial charge on any atom is -0.489 e. The van der Waals surface area contributed by atoms with Crippen LogP contribution in [0.5, 0.6) is 5.75 Å². The number of fused-ring (bicyclic) bond motifs is 1. The van der Waals surface area contributed by atoms with E-state index in [1.807, 2.05) is 42.5 Å². The molecule has 4 heteroatoms. The summed E-state index contributed by atoms with van der Waals surface area (Å²) in [6.07, 6.45) is 4.18. The van der Waals surface area contributed by atoms with Gasteiger partial charge in [0, 0.05) is 40.2 Å². The molecule has 0 radical (unpaired) electrons. The van der Waals surface area contributed by atoms with Crippen molar-refractivity contribution in [3.63, 3.8) is 0 Å². The average Bonchev–Trinajstić information content (AvgIpc) is 3.29. The third-order valence-corrected chi connectivity index (χ3v) is 5.60. The Kier molecular flexibility index (Phi) is 5.04. The highest BCUT2D eigenvalue weighted by Gasteiger charge is 2.16. The molecule has 148 valence electrons. The van der Waals surface area contributed by atoms with Crippen molar-refractivity contribution in [2.45, 2.75) is 6.61 Å². The SMILES string of the molecule is Clc1cccc2ccc(N3C=CN(c4cccc(OCc5ccccc5)c4)C3)cc12. The Hall–Kier alpha value is -3.43. The molecule has 1 aliphatic rings. The Morgan fingerprint density at radius 3 is 2.33 bits per heavy atom. The summed E-state index contributed by atoms with van der Waals surface area (Å²) in [6.45, 7) is 1.29. The molecule has 0 fully saturated rings. The van der Waals surface area contributed by atoms with Crippen LogP contribution in [0.2, 0.25) is 5.02 Å². The lowest BCUT2D eigenvalue weighted by atomic mass is 10.1. The second kappa shape index (κ2) is 8.13. The van der Waals surface area contributed by atoms with Gasteiger partial charge in [-0.05, 0) is 41.3 Å². The Morgan fingerprint density at radius 1 is 0.733 bits per heavy atom. The number of benzene rings is 4. The van der Waals surface area contributed by atoms with Gasteiger partial charge in [-0.25, -0.2) is 0 Å². The first-order valence-corrected chi connectivity index (χ1v) is 10.3. The van der Waals surface area contributed by atoms with Crippen LogP contribution in [0.25, 0.3) is 10.8 Å². The van der Waals surface area contributed by atoms with E-state index in [9.17, 15) is 0 Å². The molecule has 5 rings (SSSR count). The molecule has 0 unspecified atom stereocenters. The fourth-order valence-corrected chi connectivity index (χ4v) is 3.89. The van der Waals surface area contributed by atoms with Crippen LogP contribution in [-0.4, -0.2) is 6.67 Å². The zero-order valence-electron chi connectivity index (χ0n) is 16.4. The molecular weight excluding hydrogens is 392 g/mol. The Bertz CT molecular complexity index is 1210. The summed E-state index contributed by atoms with van der Waals surface area (Å²) in [5, 5.41) is 2.99. The third kappa shape index (κ3) is 3.85. The summed E-state index contributed by atoms with van der Waals surface area (Å²) in [7, 11) is 0. The molecule has 1 aliphatic heterocycles. The summed E-state index contributed by atoms with van der Waals surface area (Å²) in [4.78, 5) is 4.41. The summed E-state index contributed by atoms with van der Waals surface area (Å²) in [5.41, 5.74) is 3.37. The normalized spacial score (nSPS) is 13.2. The lowest BCUT2D eigenvalue weighted by Crippen LogP contribution is -2.24. The van der Waals surface area contributed by atoms with Crippen molar-refractivity contribution < 1.29 is 4.74 Å². The maximum Gasteiger partial charge on any atom is 0.121 e. The molecular formula is C26H21ClN2O. The maximum atomic E-state index is 6.39. The quantitative estimate of drug-likeness (QED) is 0.357. The van der Waals surface area contributed by atoms with E-state index in [0.29, 0.717) is 6.61 Å². The van der Waals surface area contributed by atoms with Crippen LogP contribution in [0.1, 0.15) is 5.56 Å². The van der Waals surface area contributed by atoms with Gasteiger partial charge in [0.1, 0.15) is 12.4 Å². The Morgan fingerprint density at radius 2 is 1.50 bits per heavy atom. The second-order valence-corrected chi connectivity index (χ2v) is 7.70. The van der Waals surface area contributed by atoms with Crippen molar-refractivity contribution in [1.82, 2.24) is 0 Å². The summed E-state index contributed by atoms with van der Waals surface area (Å²) < 4.78 is 5.99. The zero-order chi connectivity index (χ0) is 20.3. The predicted molar refractivity (Wildman–Crippen MR) is 125 cm³/mol. The molecule has 0 N–H and O–H groups in total. The number of rotatable bonds is 5. The van der Waals surface area contributed by atoms with Gasteiger partial charge in [0.15, 0.2) is 0 Å². The monoisotopic (exact) mass is 412 g/mol. The van der Waals surface area contributed by atoms with Crippen LogP contribution in [0.4, 0.5) is 11.4 Å². The molecule has 1 heterocycles. The Balaban J connectivity index is 1.30. The van der Waals surface area contributed by atoms with E-state index < -0.39 is 0 Å². The molecule has 0 saturated carbocycles. The minimum absolute atomic E-state index is 0.560. The van der Waals surface area contributed by atoms with Gasteiger partial charge in [0.25, 0.3) is 0 Å². The van der Waals surface area contributed by atoms with Crippen molar-refractivity contribution in [1.29, 1.82) is 0 Å². The van der Waals surface area contributed by atoms with E-state index in [0.717, 1.165) is 45.2 Å². The number of halogens is 1. The van der Waals surface area contributed by atoms with Gasteiger partial charge in [-0.2, -0.15) is 0 Å². The summed E-state index contributed by atoms with van der Waals surface area (Å²) >= 11 is 6.39. The molecule has 0 bridgehead atoms. The van der Waals surface area contributed by atoms with Gasteiger partial charge >= 0.3 is 0 Å². The smallest absolute Gasteiger partial charge is 0.121 e. The molecule has 30 heavy (non-hydrogen) atoms. The molecule has 3 nitrogen and oxygen atoms in total. The van der Waals surface area contributed by atoms with Crippen LogP contribution in [0.15, 0.2) is 103 Å². The molecule has 0 spiro atoms. The topological polar surface area (TPSA) is 15.7 Å². The lowest BCUT2D eigenvalue weighted by Gasteiger charge is -2.22. The third-order valence-electron chi connectivity index (χ3n) is 5.27. The molecule has 4 aromatic carbocycles. The highest BCUT2D eigenvalue weighted by Crippen LogP contribution is 2.31. The van der Waals surface area contributed by atoms with E-state index in [2.05, 4.69) is 70.7 Å². The minimum atomic E-state index is 0.560. The number of ether oxygens (including phenoxy) is 1. The predicted octanol–water partition coefficient (Wildman–Crippen LogP) is 6.83. The van der Waals surface area contributed by atoms with Gasteiger partial charge < -0.3 is 14.5 Å². The average molecular weight is 413 g/mol. The van der Waals surface area contributed by atoms with Crippen LogP contribution >= 0.6 is 11.6 Å². The second-order valence-electron chi connectivity index (χ2n) is 7.30. The van der Waals surface area contributed by atoms with Crippen molar-refractivity contribution in [2.24, 2.45) is 0 Å². The van der Waals surface area contributed by atoms with Crippen molar-refractivity contribution in [3.05, 3.63) is 114 Å². The highest BCUT2D eigenvalue weighted by molar-refractivity contribution is 6.35. The van der Waals surface area contributed by atoms with Crippen molar-refractivity contribution >= 4 is 33.7 Å². The van der Waals surface area contributed by atoms with Gasteiger partial charge in [0.2, 0.25) is 0 Å². The van der Waals surface area contributed by atoms with E-state index in [1.54, 1.807) is 0 Å². The van der Waals surface area contributed by atoms with E-state index in [1.165, 1.54) is 0 Å². The zero-order valence-corrected chi connectivity index (χ0v) is 17.2. The molecule has 0 amide bonds. The first-order chi connectivity index (χ1) is 14.8. The van der Waals surface area contributed by atoms with Crippen molar-refractivity contribution in [3.8, 4) is 5.75 Å². The largest absolute Gasteiger partial charge is 0.489 e. The first kappa shape index (κ1) is 18.6. The van der Waals surface area contributed by atoms with Gasteiger partial charge in [-0.3, -0.25) is 0 Å². The lowest BCUT2D eigenvalue weighted by molar-refractivity contribution is 0.306. The van der Waals surface area contributed by atoms with Crippen LogP contribution in [-0.2, 0) is 6.61 Å². The molecule has 0 atom stereocenters. The van der Waals surface area contributed by atoms with Gasteiger partial charge in [0.05, 0.1) is 6.67 Å². The van der Waals surface area contributed by atoms with Gasteiger partial charge in [-0.1, -0.05) is 66.2 Å². The van der Waals surface area contributed by atoms with E-state index in [4.69, 9.17) is 16.3 Å². The molecule has 0 aromatic heterocycles.